The van der Waals surface area contributed by atoms with Crippen LogP contribution < -0.4 is 29.2 Å². The Bertz CT molecular complexity index is 945. The number of carbonyl (C=O) groups excluding carboxylic acids is 2. The van der Waals surface area contributed by atoms with E-state index < -0.39 is 5.92 Å². The topological polar surface area (TPSA) is 86.3 Å². The fraction of sp³-hybridized carbons (Fsp3) is 0.333. The van der Waals surface area contributed by atoms with Crippen molar-refractivity contribution in [3.8, 4) is 23.0 Å². The van der Waals surface area contributed by atoms with Gasteiger partial charge in [0, 0.05) is 25.6 Å². The number of nitrogens with zero attached hydrogens (tertiary/aromatic N) is 1. The summed E-state index contributed by atoms with van der Waals surface area (Å²) in [4.78, 5) is 26.8. The van der Waals surface area contributed by atoms with Gasteiger partial charge in [-0.2, -0.15) is 0 Å². The third-order valence-electron chi connectivity index (χ3n) is 5.08. The Balaban J connectivity index is 1.40. The third-order valence-corrected chi connectivity index (χ3v) is 5.08. The van der Waals surface area contributed by atoms with Gasteiger partial charge >= 0.3 is 0 Å². The van der Waals surface area contributed by atoms with Gasteiger partial charge in [-0.15, -0.1) is 0 Å². The highest BCUT2D eigenvalue weighted by Gasteiger charge is 2.36. The fourth-order valence-corrected chi connectivity index (χ4v) is 3.51. The monoisotopic (exact) mass is 398 g/mol. The van der Waals surface area contributed by atoms with Crippen LogP contribution in [0.15, 0.2) is 36.4 Å². The molecule has 1 atom stereocenters. The molecule has 2 aliphatic heterocycles. The van der Waals surface area contributed by atoms with Crippen LogP contribution in [0, 0.1) is 5.92 Å². The van der Waals surface area contributed by atoms with E-state index in [9.17, 15) is 9.59 Å². The molecule has 29 heavy (non-hydrogen) atoms. The van der Waals surface area contributed by atoms with Gasteiger partial charge in [-0.05, 0) is 29.8 Å². The van der Waals surface area contributed by atoms with Crippen molar-refractivity contribution in [3.63, 3.8) is 0 Å². The van der Waals surface area contributed by atoms with E-state index >= 15 is 0 Å². The lowest BCUT2D eigenvalue weighted by atomic mass is 10.1. The Morgan fingerprint density at radius 1 is 1.14 bits per heavy atom. The van der Waals surface area contributed by atoms with Crippen LogP contribution in [0.25, 0.3) is 0 Å². The van der Waals surface area contributed by atoms with Crippen molar-refractivity contribution in [3.05, 3.63) is 42.0 Å². The molecule has 1 saturated heterocycles. The van der Waals surface area contributed by atoms with Crippen LogP contribution in [0.3, 0.4) is 0 Å². The molecule has 2 aromatic rings. The summed E-state index contributed by atoms with van der Waals surface area (Å²) < 4.78 is 21.2. The molecule has 0 radical (unpaired) electrons. The minimum absolute atomic E-state index is 0.114. The van der Waals surface area contributed by atoms with Crippen molar-refractivity contribution in [1.82, 2.24) is 5.32 Å². The molecule has 2 aliphatic rings. The van der Waals surface area contributed by atoms with Crippen LogP contribution in [0.1, 0.15) is 12.0 Å². The maximum Gasteiger partial charge on any atom is 0.231 e. The molecule has 2 heterocycles. The van der Waals surface area contributed by atoms with E-state index in [4.69, 9.17) is 18.9 Å². The van der Waals surface area contributed by atoms with Gasteiger partial charge < -0.3 is 29.2 Å². The first-order valence-electron chi connectivity index (χ1n) is 9.27. The summed E-state index contributed by atoms with van der Waals surface area (Å²) in [7, 11) is 3.10. The van der Waals surface area contributed by atoms with Crippen LogP contribution >= 0.6 is 0 Å². The maximum absolute atomic E-state index is 12.6. The highest BCUT2D eigenvalue weighted by Crippen LogP contribution is 2.36. The Morgan fingerprint density at radius 2 is 1.97 bits per heavy atom. The smallest absolute Gasteiger partial charge is 0.231 e. The van der Waals surface area contributed by atoms with Gasteiger partial charge in [-0.25, -0.2) is 0 Å². The second-order valence-electron chi connectivity index (χ2n) is 6.85. The predicted molar refractivity (Wildman–Crippen MR) is 104 cm³/mol. The van der Waals surface area contributed by atoms with Crippen molar-refractivity contribution in [1.29, 1.82) is 0 Å². The largest absolute Gasteiger partial charge is 0.497 e. The number of nitrogens with one attached hydrogen (secondary N) is 1. The molecule has 8 heteroatoms. The molecule has 0 bridgehead atoms. The van der Waals surface area contributed by atoms with Crippen LogP contribution in [0.5, 0.6) is 23.0 Å². The van der Waals surface area contributed by atoms with Crippen molar-refractivity contribution < 1.29 is 28.5 Å². The number of amides is 2. The number of carbonyl (C=O) groups is 2. The fourth-order valence-electron chi connectivity index (χ4n) is 3.51. The second kappa shape index (κ2) is 7.90. The van der Waals surface area contributed by atoms with Gasteiger partial charge in [-0.1, -0.05) is 6.07 Å². The van der Waals surface area contributed by atoms with Crippen molar-refractivity contribution >= 4 is 17.5 Å². The van der Waals surface area contributed by atoms with Crippen LogP contribution in [0.4, 0.5) is 5.69 Å². The van der Waals surface area contributed by atoms with Crippen LogP contribution in [-0.2, 0) is 16.1 Å². The standard InChI is InChI=1S/C21H22N2O6/c1-26-15-4-5-16(18(9-15)27-2)23-11-14(8-20(23)24)21(25)22-10-13-3-6-17-19(7-13)29-12-28-17/h3-7,9,14H,8,10-12H2,1-2H3,(H,22,25). The summed E-state index contributed by atoms with van der Waals surface area (Å²) in [5, 5.41) is 2.91. The lowest BCUT2D eigenvalue weighted by Gasteiger charge is -2.20. The van der Waals surface area contributed by atoms with E-state index in [1.165, 1.54) is 7.11 Å². The second-order valence-corrected chi connectivity index (χ2v) is 6.85. The van der Waals surface area contributed by atoms with E-state index in [1.807, 2.05) is 18.2 Å². The number of hydrogen-bond acceptors (Lipinski definition) is 6. The minimum atomic E-state index is -0.427. The van der Waals surface area contributed by atoms with E-state index in [2.05, 4.69) is 5.32 Å². The number of anilines is 1. The van der Waals surface area contributed by atoms with E-state index in [1.54, 1.807) is 30.2 Å². The number of rotatable bonds is 6. The van der Waals surface area contributed by atoms with E-state index in [-0.39, 0.29) is 25.0 Å². The Morgan fingerprint density at radius 3 is 2.76 bits per heavy atom. The molecular weight excluding hydrogens is 376 g/mol. The Hall–Kier alpha value is -3.42. The molecule has 0 saturated carbocycles. The van der Waals surface area contributed by atoms with Gasteiger partial charge in [-0.3, -0.25) is 9.59 Å². The van der Waals surface area contributed by atoms with Crippen LogP contribution in [0.2, 0.25) is 0 Å². The zero-order valence-electron chi connectivity index (χ0n) is 16.3. The van der Waals surface area contributed by atoms with Crippen molar-refractivity contribution in [2.45, 2.75) is 13.0 Å². The first-order chi connectivity index (χ1) is 14.1. The highest BCUT2D eigenvalue weighted by molar-refractivity contribution is 6.01. The molecule has 2 amide bonds. The van der Waals surface area contributed by atoms with Gasteiger partial charge in [0.2, 0.25) is 18.6 Å². The molecule has 2 aromatic carbocycles. The molecule has 1 N–H and O–H groups in total. The first-order valence-corrected chi connectivity index (χ1v) is 9.27. The number of hydrogen-bond donors (Lipinski definition) is 1. The van der Waals surface area contributed by atoms with Gasteiger partial charge in [0.1, 0.15) is 11.5 Å². The van der Waals surface area contributed by atoms with Crippen LogP contribution in [-0.4, -0.2) is 39.4 Å². The molecule has 8 nitrogen and oxygen atoms in total. The van der Waals surface area contributed by atoms with E-state index in [0.717, 1.165) is 5.56 Å². The zero-order chi connectivity index (χ0) is 20.4. The average molecular weight is 398 g/mol. The molecular formula is C21H22N2O6. The lowest BCUT2D eigenvalue weighted by Crippen LogP contribution is -2.32. The molecule has 152 valence electrons. The van der Waals surface area contributed by atoms with Gasteiger partial charge in [0.05, 0.1) is 25.8 Å². The Labute approximate surface area is 168 Å². The summed E-state index contributed by atoms with van der Waals surface area (Å²) >= 11 is 0. The summed E-state index contributed by atoms with van der Waals surface area (Å²) in [6.07, 6.45) is 0.155. The maximum atomic E-state index is 12.6. The summed E-state index contributed by atoms with van der Waals surface area (Å²) in [5.41, 5.74) is 1.53. The highest BCUT2D eigenvalue weighted by atomic mass is 16.7. The summed E-state index contributed by atoms with van der Waals surface area (Å²) in [5.74, 6) is 1.83. The summed E-state index contributed by atoms with van der Waals surface area (Å²) in [6, 6.07) is 10.8. The summed E-state index contributed by atoms with van der Waals surface area (Å²) in [6.45, 7) is 0.862. The molecule has 1 unspecified atom stereocenters. The molecule has 0 aliphatic carbocycles. The normalized spacial score (nSPS) is 17.4. The predicted octanol–water partition coefficient (Wildman–Crippen LogP) is 2.10. The van der Waals surface area contributed by atoms with Gasteiger partial charge in [0.15, 0.2) is 11.5 Å². The van der Waals surface area contributed by atoms with Crippen molar-refractivity contribution in [2.75, 3.05) is 32.5 Å². The Kier molecular flexibility index (Phi) is 5.16. The van der Waals surface area contributed by atoms with Gasteiger partial charge in [0.25, 0.3) is 0 Å². The average Bonchev–Trinajstić information content (AvgIpc) is 3.37. The van der Waals surface area contributed by atoms with Crippen molar-refractivity contribution in [2.24, 2.45) is 5.92 Å². The number of benzene rings is 2. The molecule has 0 spiro atoms. The SMILES string of the molecule is COc1ccc(N2CC(C(=O)NCc3ccc4c(c3)OCO4)CC2=O)c(OC)c1. The zero-order valence-corrected chi connectivity index (χ0v) is 16.3. The molecule has 4 rings (SSSR count). The third kappa shape index (κ3) is 3.78. The van der Waals surface area contributed by atoms with E-state index in [0.29, 0.717) is 41.8 Å². The number of ether oxygens (including phenoxy) is 4. The molecule has 1 fully saturated rings. The number of methoxy groups -OCH3 is 2. The first kappa shape index (κ1) is 18.9. The molecule has 0 aromatic heterocycles. The number of fused-ring (bicyclic) bond motifs is 1. The lowest BCUT2D eigenvalue weighted by molar-refractivity contribution is -0.126. The minimum Gasteiger partial charge on any atom is -0.497 e. The quantitative estimate of drug-likeness (QED) is 0.802.